The lowest BCUT2D eigenvalue weighted by atomic mass is 9.61. The van der Waals surface area contributed by atoms with Gasteiger partial charge in [-0.3, -0.25) is 18.7 Å². The van der Waals surface area contributed by atoms with Gasteiger partial charge in [0.05, 0.1) is 0 Å². The summed E-state index contributed by atoms with van der Waals surface area (Å²) in [5, 5.41) is 18.8. The van der Waals surface area contributed by atoms with E-state index in [1.165, 1.54) is 12.1 Å². The van der Waals surface area contributed by atoms with Crippen molar-refractivity contribution in [2.24, 2.45) is 5.41 Å². The summed E-state index contributed by atoms with van der Waals surface area (Å²) in [6.45, 7) is 3.52. The maximum absolute atomic E-state index is 12.6. The zero-order valence-corrected chi connectivity index (χ0v) is 22.8. The molecule has 0 bridgehead atoms. The number of carboxylic acid groups (broad SMARTS) is 2. The fraction of sp³-hybridized carbons (Fsp3) is 0.333. The zero-order valence-electron chi connectivity index (χ0n) is 21.2. The number of allylic oxidation sites excluding steroid dienone is 2. The molecule has 0 saturated heterocycles. The molecule has 0 spiro atoms. The summed E-state index contributed by atoms with van der Waals surface area (Å²) >= 11 is 0. The molecule has 0 amide bonds. The first-order valence-corrected chi connectivity index (χ1v) is 15.0. The third kappa shape index (κ3) is 5.17. The van der Waals surface area contributed by atoms with Crippen LogP contribution in [0.2, 0.25) is 0 Å². The predicted molar refractivity (Wildman–Crippen MR) is 143 cm³/mol. The second-order valence-corrected chi connectivity index (χ2v) is 13.0. The third-order valence-corrected chi connectivity index (χ3v) is 9.53. The van der Waals surface area contributed by atoms with Crippen molar-refractivity contribution in [1.82, 2.24) is 0 Å². The Morgan fingerprint density at radius 3 is 1.33 bits per heavy atom. The van der Waals surface area contributed by atoms with Crippen LogP contribution >= 0.6 is 0 Å². The van der Waals surface area contributed by atoms with E-state index in [0.717, 1.165) is 0 Å². The molecule has 2 atom stereocenters. The average molecular weight is 577 g/mol. The SMILES string of the molecule is CC(C)(C1C(CCC(=O)O)=C(S(=O)(=O)O)c2ccccc21)C1C(CCC(=O)O)=C(S(=O)(=O)O)c2ccccc21. The van der Waals surface area contributed by atoms with Crippen molar-refractivity contribution in [1.29, 1.82) is 0 Å². The summed E-state index contributed by atoms with van der Waals surface area (Å²) in [5.74, 6) is -3.95. The first-order valence-electron chi connectivity index (χ1n) is 12.1. The van der Waals surface area contributed by atoms with E-state index >= 15 is 0 Å². The molecule has 2 aromatic carbocycles. The van der Waals surface area contributed by atoms with Crippen molar-refractivity contribution in [3.8, 4) is 0 Å². The molecule has 2 aliphatic carbocycles. The Morgan fingerprint density at radius 2 is 1.03 bits per heavy atom. The Balaban J connectivity index is 2.03. The summed E-state index contributed by atoms with van der Waals surface area (Å²) in [6, 6.07) is 12.9. The largest absolute Gasteiger partial charge is 0.481 e. The molecule has 39 heavy (non-hydrogen) atoms. The standard InChI is InChI=1S/C27H28O10S2/c1-27(2,23-15-7-3-5-9-17(15)25(38(32,33)34)19(23)11-13-21(28)29)24-16-8-4-6-10-18(16)26(39(35,36)37)20(24)12-14-22(30)31/h3-10,23-24H,11-14H2,1-2H3,(H,28,29)(H,30,31)(H,32,33,34)(H,35,36,37). The molecule has 4 N–H and O–H groups in total. The van der Waals surface area contributed by atoms with Gasteiger partial charge in [0.1, 0.15) is 9.81 Å². The molecule has 0 fully saturated rings. The zero-order chi connectivity index (χ0) is 28.9. The summed E-state index contributed by atoms with van der Waals surface area (Å²) < 4.78 is 71.0. The number of hydrogen-bond acceptors (Lipinski definition) is 6. The van der Waals surface area contributed by atoms with Gasteiger partial charge in [-0.1, -0.05) is 62.4 Å². The highest BCUT2D eigenvalue weighted by atomic mass is 32.2. The second kappa shape index (κ2) is 10.0. The fourth-order valence-electron chi connectivity index (χ4n) is 6.37. The average Bonchev–Trinajstić information content (AvgIpc) is 3.34. The summed E-state index contributed by atoms with van der Waals surface area (Å²) in [6.07, 6.45) is -1.26. The Hall–Kier alpha value is -3.32. The van der Waals surface area contributed by atoms with Crippen LogP contribution in [0.25, 0.3) is 9.81 Å². The van der Waals surface area contributed by atoms with E-state index in [2.05, 4.69) is 0 Å². The van der Waals surface area contributed by atoms with E-state index in [4.69, 9.17) is 0 Å². The number of benzene rings is 2. The number of carboxylic acids is 2. The van der Waals surface area contributed by atoms with E-state index in [-0.39, 0.29) is 44.9 Å². The number of fused-ring (bicyclic) bond motifs is 2. The Labute approximate surface area is 226 Å². The lowest BCUT2D eigenvalue weighted by Crippen LogP contribution is -2.31. The monoisotopic (exact) mass is 576 g/mol. The minimum atomic E-state index is -4.80. The highest BCUT2D eigenvalue weighted by Gasteiger charge is 2.52. The van der Waals surface area contributed by atoms with Crippen LogP contribution in [0.15, 0.2) is 59.7 Å². The molecule has 10 nitrogen and oxygen atoms in total. The van der Waals surface area contributed by atoms with E-state index in [1.807, 2.05) is 0 Å². The molecule has 0 heterocycles. The molecule has 0 radical (unpaired) electrons. The normalized spacial score (nSPS) is 19.3. The lowest BCUT2D eigenvalue weighted by molar-refractivity contribution is -0.138. The Morgan fingerprint density at radius 1 is 0.692 bits per heavy atom. The molecule has 2 unspecified atom stereocenters. The smallest absolute Gasteiger partial charge is 0.303 e. The molecule has 208 valence electrons. The second-order valence-electron chi connectivity index (χ2n) is 10.3. The van der Waals surface area contributed by atoms with Crippen molar-refractivity contribution in [2.75, 3.05) is 0 Å². The number of hydrogen-bond donors (Lipinski definition) is 4. The minimum absolute atomic E-state index is 0.168. The molecule has 2 aliphatic rings. The predicted octanol–water partition coefficient (Wildman–Crippen LogP) is 4.53. The van der Waals surface area contributed by atoms with Gasteiger partial charge in [0, 0.05) is 24.7 Å². The summed E-state index contributed by atoms with van der Waals surface area (Å²) in [7, 11) is -9.60. The van der Waals surface area contributed by atoms with Crippen molar-refractivity contribution in [3.05, 3.63) is 81.9 Å². The van der Waals surface area contributed by atoms with Crippen molar-refractivity contribution < 1.29 is 45.7 Å². The van der Waals surface area contributed by atoms with Crippen LogP contribution in [0.3, 0.4) is 0 Å². The van der Waals surface area contributed by atoms with E-state index in [1.54, 1.807) is 50.2 Å². The highest BCUT2D eigenvalue weighted by Crippen LogP contribution is 2.63. The molecular weight excluding hydrogens is 548 g/mol. The first kappa shape index (κ1) is 28.7. The molecule has 0 aliphatic heterocycles. The lowest BCUT2D eigenvalue weighted by Gasteiger charge is -2.41. The Kier molecular flexibility index (Phi) is 7.36. The van der Waals surface area contributed by atoms with Crippen molar-refractivity contribution in [2.45, 2.75) is 51.4 Å². The van der Waals surface area contributed by atoms with Gasteiger partial charge in [-0.2, -0.15) is 16.8 Å². The van der Waals surface area contributed by atoms with Gasteiger partial charge in [0.15, 0.2) is 0 Å². The van der Waals surface area contributed by atoms with Gasteiger partial charge in [-0.25, -0.2) is 0 Å². The number of rotatable bonds is 10. The van der Waals surface area contributed by atoms with Crippen LogP contribution in [-0.4, -0.2) is 48.1 Å². The van der Waals surface area contributed by atoms with Gasteiger partial charge in [0.2, 0.25) is 0 Å². The summed E-state index contributed by atoms with van der Waals surface area (Å²) in [5.41, 5.74) is 0.693. The van der Waals surface area contributed by atoms with Crippen molar-refractivity contribution >= 4 is 42.0 Å². The molecule has 2 aromatic rings. The van der Waals surface area contributed by atoms with Crippen LogP contribution in [0.5, 0.6) is 0 Å². The third-order valence-electron chi connectivity index (χ3n) is 7.53. The van der Waals surface area contributed by atoms with Crippen molar-refractivity contribution in [3.63, 3.8) is 0 Å². The van der Waals surface area contributed by atoms with Gasteiger partial charge < -0.3 is 10.2 Å². The highest BCUT2D eigenvalue weighted by molar-refractivity contribution is 7.95. The maximum atomic E-state index is 12.6. The molecule has 4 rings (SSSR count). The fourth-order valence-corrected chi connectivity index (χ4v) is 8.40. The van der Waals surface area contributed by atoms with Gasteiger partial charge >= 0.3 is 11.9 Å². The molecule has 0 saturated carbocycles. The van der Waals surface area contributed by atoms with E-state index in [9.17, 15) is 45.7 Å². The maximum Gasteiger partial charge on any atom is 0.303 e. The van der Waals surface area contributed by atoms with Gasteiger partial charge in [-0.05, 0) is 51.7 Å². The number of carbonyl (C=O) groups is 2. The first-order chi connectivity index (χ1) is 18.1. The van der Waals surface area contributed by atoms with Crippen LogP contribution in [0.4, 0.5) is 0 Å². The van der Waals surface area contributed by atoms with E-state index in [0.29, 0.717) is 11.1 Å². The van der Waals surface area contributed by atoms with Crippen LogP contribution < -0.4 is 0 Å². The number of aliphatic carboxylic acids is 2. The van der Waals surface area contributed by atoms with Gasteiger partial charge in [0.25, 0.3) is 20.2 Å². The van der Waals surface area contributed by atoms with Crippen LogP contribution in [0.1, 0.15) is 73.6 Å². The molecule has 0 aromatic heterocycles. The topological polar surface area (TPSA) is 183 Å². The quantitative estimate of drug-likeness (QED) is 0.293. The van der Waals surface area contributed by atoms with Crippen LogP contribution in [-0.2, 0) is 29.8 Å². The molecule has 12 heteroatoms. The van der Waals surface area contributed by atoms with Crippen LogP contribution in [0, 0.1) is 5.41 Å². The van der Waals surface area contributed by atoms with Gasteiger partial charge in [-0.15, -0.1) is 0 Å². The summed E-state index contributed by atoms with van der Waals surface area (Å²) in [4.78, 5) is 22.3. The van der Waals surface area contributed by atoms with E-state index < -0.39 is 62.3 Å². The minimum Gasteiger partial charge on any atom is -0.481 e. The molecular formula is C27H28O10S2. The Bertz CT molecular complexity index is 1530.